The lowest BCUT2D eigenvalue weighted by Gasteiger charge is -2.24. The number of phenols is 1. The third-order valence-corrected chi connectivity index (χ3v) is 6.35. The van der Waals surface area contributed by atoms with Crippen LogP contribution in [0.1, 0.15) is 36.8 Å². The summed E-state index contributed by atoms with van der Waals surface area (Å²) in [7, 11) is 0. The molecule has 14 heteroatoms. The molecule has 43 heavy (non-hydrogen) atoms. The molecule has 0 aromatic heterocycles. The van der Waals surface area contributed by atoms with Gasteiger partial charge in [-0.15, -0.1) is 0 Å². The molecule has 13 N–H and O–H groups in total. The molecule has 2 rings (SSSR count). The highest BCUT2D eigenvalue weighted by Crippen LogP contribution is 2.13. The number of unbranched alkanes of at least 4 members (excludes halogenated alkanes) is 1. The van der Waals surface area contributed by atoms with E-state index in [9.17, 15) is 19.5 Å². The Labute approximate surface area is 251 Å². The quantitative estimate of drug-likeness (QED) is 0.0563. The molecule has 2 aromatic rings. The number of phenolic OH excluding ortho intramolecular Hbond substituents is 1. The van der Waals surface area contributed by atoms with Crippen molar-refractivity contribution in [1.29, 1.82) is 0 Å². The second-order valence-corrected chi connectivity index (χ2v) is 9.92. The first kappa shape index (κ1) is 34.4. The van der Waals surface area contributed by atoms with Gasteiger partial charge in [0.25, 0.3) is 0 Å². The number of nitrogens with two attached hydrogens (primary N) is 4. The SMILES string of the molecule is NC(N)=NCCC[C@@H](NC(=O)[C@H](Cc1ccc(O)cc1)N=C(N)N)C(=O)N[C@@H](Cc1ccccc1)C(=O)NCCCCO. The number of hydrogen-bond acceptors (Lipinski definition) is 7. The lowest BCUT2D eigenvalue weighted by molar-refractivity contribution is -0.132. The summed E-state index contributed by atoms with van der Waals surface area (Å²) in [6.07, 6.45) is 1.91. The highest BCUT2D eigenvalue weighted by atomic mass is 16.3. The molecule has 0 saturated carbocycles. The molecule has 0 saturated heterocycles. The number of aliphatic imine (C=N–C) groups is 2. The Morgan fingerprint density at radius 2 is 1.40 bits per heavy atom. The second kappa shape index (κ2) is 18.6. The molecule has 3 amide bonds. The molecule has 0 radical (unpaired) electrons. The molecule has 14 nitrogen and oxygen atoms in total. The maximum atomic E-state index is 13.6. The van der Waals surface area contributed by atoms with E-state index in [1.54, 1.807) is 12.1 Å². The lowest BCUT2D eigenvalue weighted by Crippen LogP contribution is -2.55. The van der Waals surface area contributed by atoms with E-state index in [1.807, 2.05) is 30.3 Å². The van der Waals surface area contributed by atoms with Crippen LogP contribution in [0.3, 0.4) is 0 Å². The molecule has 234 valence electrons. The smallest absolute Gasteiger partial charge is 0.245 e. The van der Waals surface area contributed by atoms with E-state index < -0.39 is 35.8 Å². The molecule has 0 aliphatic rings. The summed E-state index contributed by atoms with van der Waals surface area (Å²) in [6, 6.07) is 12.3. The number of carbonyl (C=O) groups excluding carboxylic acids is 3. The van der Waals surface area contributed by atoms with Gasteiger partial charge >= 0.3 is 0 Å². The number of nitrogens with zero attached hydrogens (tertiary/aromatic N) is 2. The second-order valence-electron chi connectivity index (χ2n) is 9.92. The van der Waals surface area contributed by atoms with E-state index in [-0.39, 0.29) is 50.1 Å². The number of aliphatic hydroxyl groups is 1. The summed E-state index contributed by atoms with van der Waals surface area (Å²) in [5.41, 5.74) is 23.5. The van der Waals surface area contributed by atoms with Gasteiger partial charge in [-0.3, -0.25) is 19.4 Å². The number of amides is 3. The van der Waals surface area contributed by atoms with Gasteiger partial charge in [0.15, 0.2) is 11.9 Å². The molecule has 0 heterocycles. The van der Waals surface area contributed by atoms with Crippen molar-refractivity contribution in [2.45, 2.75) is 56.7 Å². The van der Waals surface area contributed by atoms with Crippen LogP contribution in [0.25, 0.3) is 0 Å². The van der Waals surface area contributed by atoms with Crippen LogP contribution >= 0.6 is 0 Å². The van der Waals surface area contributed by atoms with Crippen LogP contribution in [0.4, 0.5) is 0 Å². The standard InChI is InChI=1S/C29H43N9O5/c30-28(31)35-15-6-9-22(36-27(43)24(38-29(32)33)18-20-10-12-21(40)13-11-20)26(42)37-23(17-19-7-2-1-3-8-19)25(41)34-14-4-5-16-39/h1-3,7-8,10-13,22-24,39-40H,4-6,9,14-18H2,(H,34,41)(H,36,43)(H,37,42)(H4,30,31,35)(H4,32,33,38)/t22-,23+,24+/m1/s1. The topological polar surface area (TPSA) is 257 Å². The van der Waals surface area contributed by atoms with Crippen molar-refractivity contribution >= 4 is 29.6 Å². The minimum Gasteiger partial charge on any atom is -0.508 e. The maximum Gasteiger partial charge on any atom is 0.245 e. The van der Waals surface area contributed by atoms with E-state index in [1.165, 1.54) is 12.1 Å². The zero-order valence-corrected chi connectivity index (χ0v) is 24.1. The van der Waals surface area contributed by atoms with Gasteiger partial charge in [-0.1, -0.05) is 42.5 Å². The van der Waals surface area contributed by atoms with Crippen molar-refractivity contribution in [1.82, 2.24) is 16.0 Å². The number of hydrogen-bond donors (Lipinski definition) is 9. The number of aromatic hydroxyl groups is 1. The van der Waals surface area contributed by atoms with Gasteiger partial charge in [0.2, 0.25) is 17.7 Å². The van der Waals surface area contributed by atoms with Crippen LogP contribution in [0.2, 0.25) is 0 Å². The van der Waals surface area contributed by atoms with Crippen LogP contribution in [-0.4, -0.2) is 77.7 Å². The largest absolute Gasteiger partial charge is 0.508 e. The summed E-state index contributed by atoms with van der Waals surface area (Å²) in [6.45, 7) is 0.553. The highest BCUT2D eigenvalue weighted by Gasteiger charge is 2.29. The van der Waals surface area contributed by atoms with Gasteiger partial charge in [0.1, 0.15) is 23.9 Å². The number of carbonyl (C=O) groups is 3. The molecule has 2 aromatic carbocycles. The Bertz CT molecular complexity index is 1210. The van der Waals surface area contributed by atoms with Crippen LogP contribution in [0.15, 0.2) is 64.6 Å². The zero-order chi connectivity index (χ0) is 31.6. The normalized spacial score (nSPS) is 12.7. The summed E-state index contributed by atoms with van der Waals surface area (Å²) in [5.74, 6) is -1.95. The van der Waals surface area contributed by atoms with Crippen molar-refractivity contribution in [2.24, 2.45) is 32.9 Å². The van der Waals surface area contributed by atoms with Crippen LogP contribution < -0.4 is 38.9 Å². The van der Waals surface area contributed by atoms with Crippen molar-refractivity contribution in [3.63, 3.8) is 0 Å². The van der Waals surface area contributed by atoms with Gasteiger partial charge in [-0.25, -0.2) is 4.99 Å². The summed E-state index contributed by atoms with van der Waals surface area (Å²) in [4.78, 5) is 48.1. The molecule has 3 atom stereocenters. The van der Waals surface area contributed by atoms with Gasteiger partial charge in [-0.05, 0) is 48.9 Å². The molecule has 0 aliphatic carbocycles. The predicted octanol–water partition coefficient (Wildman–Crippen LogP) is -1.27. The summed E-state index contributed by atoms with van der Waals surface area (Å²) < 4.78 is 0. The number of aliphatic hydroxyl groups excluding tert-OH is 1. The minimum absolute atomic E-state index is 0.00880. The van der Waals surface area contributed by atoms with Crippen molar-refractivity contribution in [2.75, 3.05) is 19.7 Å². The van der Waals surface area contributed by atoms with E-state index >= 15 is 0 Å². The molecular formula is C29H43N9O5. The highest BCUT2D eigenvalue weighted by molar-refractivity contribution is 5.94. The molecular weight excluding hydrogens is 554 g/mol. The average molecular weight is 598 g/mol. The Hall–Kier alpha value is -4.85. The Balaban J connectivity index is 2.25. The molecule has 0 fully saturated rings. The van der Waals surface area contributed by atoms with Gasteiger partial charge in [0.05, 0.1) is 0 Å². The van der Waals surface area contributed by atoms with E-state index in [0.717, 1.165) is 5.56 Å². The van der Waals surface area contributed by atoms with Gasteiger partial charge in [-0.2, -0.15) is 0 Å². The fourth-order valence-corrected chi connectivity index (χ4v) is 4.18. The van der Waals surface area contributed by atoms with Crippen molar-refractivity contribution < 1.29 is 24.6 Å². The zero-order valence-electron chi connectivity index (χ0n) is 24.1. The molecule has 0 aliphatic heterocycles. The Kier molecular flexibility index (Phi) is 14.8. The van der Waals surface area contributed by atoms with Gasteiger partial charge in [0, 0.05) is 32.5 Å². The van der Waals surface area contributed by atoms with E-state index in [0.29, 0.717) is 31.4 Å². The fraction of sp³-hybridized carbons (Fsp3) is 0.414. The monoisotopic (exact) mass is 597 g/mol. The van der Waals surface area contributed by atoms with Gasteiger partial charge < -0.3 is 49.1 Å². The number of nitrogens with one attached hydrogen (secondary N) is 3. The molecule has 0 unspecified atom stereocenters. The minimum atomic E-state index is -1.07. The number of guanidine groups is 2. The summed E-state index contributed by atoms with van der Waals surface area (Å²) >= 11 is 0. The van der Waals surface area contributed by atoms with Crippen LogP contribution in [0, 0.1) is 0 Å². The first-order valence-corrected chi connectivity index (χ1v) is 14.0. The van der Waals surface area contributed by atoms with Crippen LogP contribution in [0.5, 0.6) is 5.75 Å². The third kappa shape index (κ3) is 13.6. The maximum absolute atomic E-state index is 13.6. The predicted molar refractivity (Wildman–Crippen MR) is 165 cm³/mol. The third-order valence-electron chi connectivity index (χ3n) is 6.35. The van der Waals surface area contributed by atoms with Crippen LogP contribution in [-0.2, 0) is 27.2 Å². The first-order valence-electron chi connectivity index (χ1n) is 14.0. The molecule has 0 spiro atoms. The first-order chi connectivity index (χ1) is 20.6. The number of benzene rings is 2. The Morgan fingerprint density at radius 1 is 0.744 bits per heavy atom. The van der Waals surface area contributed by atoms with Crippen molar-refractivity contribution in [3.05, 3.63) is 65.7 Å². The lowest BCUT2D eigenvalue weighted by atomic mass is 10.0. The fourth-order valence-electron chi connectivity index (χ4n) is 4.18. The summed E-state index contributed by atoms with van der Waals surface area (Å²) in [5, 5.41) is 26.9. The number of rotatable bonds is 18. The van der Waals surface area contributed by atoms with E-state index in [2.05, 4.69) is 25.9 Å². The average Bonchev–Trinajstić information content (AvgIpc) is 2.97. The Morgan fingerprint density at radius 3 is 2.02 bits per heavy atom. The van der Waals surface area contributed by atoms with E-state index in [4.69, 9.17) is 28.0 Å². The van der Waals surface area contributed by atoms with Crippen molar-refractivity contribution in [3.8, 4) is 5.75 Å². The molecule has 0 bridgehead atoms.